The van der Waals surface area contributed by atoms with Crippen LogP contribution in [0.15, 0.2) is 71.4 Å². The lowest BCUT2D eigenvalue weighted by Gasteiger charge is -2.08. The molecule has 4 rings (SSSR count). The fourth-order valence-electron chi connectivity index (χ4n) is 2.57. The van der Waals surface area contributed by atoms with Crippen LogP contribution >= 0.6 is 22.7 Å². The van der Waals surface area contributed by atoms with Crippen LogP contribution in [-0.4, -0.2) is 21.9 Å². The molecule has 2 aromatic heterocycles. The van der Waals surface area contributed by atoms with Crippen LogP contribution in [0, 0.1) is 0 Å². The van der Waals surface area contributed by atoms with Crippen LogP contribution in [0.4, 0.5) is 5.13 Å². The number of hydrogen-bond donors (Lipinski definition) is 1. The largest absolute Gasteiger partial charge is 0.296 e. The zero-order valence-corrected chi connectivity index (χ0v) is 15.6. The molecule has 0 radical (unpaired) electrons. The fourth-order valence-corrected chi connectivity index (χ4v) is 4.02. The van der Waals surface area contributed by atoms with Crippen LogP contribution in [0.5, 0.6) is 0 Å². The van der Waals surface area contributed by atoms with Crippen molar-refractivity contribution >= 4 is 39.5 Å². The van der Waals surface area contributed by atoms with Crippen molar-refractivity contribution in [3.8, 4) is 10.6 Å². The highest BCUT2D eigenvalue weighted by Crippen LogP contribution is 2.28. The number of rotatable bonds is 5. The lowest BCUT2D eigenvalue weighted by atomic mass is 9.98. The molecule has 4 aromatic rings. The molecule has 0 aliphatic rings. The van der Waals surface area contributed by atoms with Gasteiger partial charge < -0.3 is 0 Å². The van der Waals surface area contributed by atoms with Crippen molar-refractivity contribution in [1.82, 2.24) is 10.2 Å². The topological polar surface area (TPSA) is 72.0 Å². The van der Waals surface area contributed by atoms with Crippen molar-refractivity contribution in [2.75, 3.05) is 5.32 Å². The van der Waals surface area contributed by atoms with Crippen LogP contribution in [0.1, 0.15) is 26.3 Å². The van der Waals surface area contributed by atoms with Crippen molar-refractivity contribution in [2.24, 2.45) is 0 Å². The number of amides is 1. The molecule has 1 amide bonds. The summed E-state index contributed by atoms with van der Waals surface area (Å²) in [7, 11) is 0. The minimum absolute atomic E-state index is 0.197. The van der Waals surface area contributed by atoms with Gasteiger partial charge in [0, 0.05) is 22.1 Å². The first-order valence-electron chi connectivity index (χ1n) is 8.08. The van der Waals surface area contributed by atoms with Gasteiger partial charge in [0.05, 0.1) is 5.56 Å². The van der Waals surface area contributed by atoms with Crippen molar-refractivity contribution in [3.05, 3.63) is 88.1 Å². The van der Waals surface area contributed by atoms with Gasteiger partial charge in [0.25, 0.3) is 5.91 Å². The van der Waals surface area contributed by atoms with Crippen LogP contribution < -0.4 is 5.32 Å². The molecule has 0 bridgehead atoms. The Kier molecular flexibility index (Phi) is 4.86. The summed E-state index contributed by atoms with van der Waals surface area (Å²) in [5.41, 5.74) is 2.16. The molecule has 27 heavy (non-hydrogen) atoms. The van der Waals surface area contributed by atoms with Crippen molar-refractivity contribution in [2.45, 2.75) is 0 Å². The van der Waals surface area contributed by atoms with Gasteiger partial charge in [-0.2, -0.15) is 11.3 Å². The molecule has 0 spiro atoms. The number of anilines is 1. The Morgan fingerprint density at radius 3 is 2.33 bits per heavy atom. The number of ketones is 1. The molecule has 7 heteroatoms. The number of carbonyl (C=O) groups excluding carboxylic acids is 2. The first-order valence-corrected chi connectivity index (χ1v) is 9.84. The highest BCUT2D eigenvalue weighted by Gasteiger charge is 2.19. The first-order chi connectivity index (χ1) is 13.2. The second-order valence-electron chi connectivity index (χ2n) is 5.62. The minimum atomic E-state index is -0.386. The Morgan fingerprint density at radius 2 is 1.59 bits per heavy atom. The molecule has 0 saturated heterocycles. The molecule has 0 atom stereocenters. The van der Waals surface area contributed by atoms with E-state index >= 15 is 0 Å². The third-order valence-corrected chi connectivity index (χ3v) is 5.44. The number of nitrogens with one attached hydrogen (secondary N) is 1. The van der Waals surface area contributed by atoms with E-state index < -0.39 is 0 Å². The Balaban J connectivity index is 1.59. The number of benzene rings is 2. The first kappa shape index (κ1) is 17.3. The molecular weight excluding hydrogens is 378 g/mol. The predicted molar refractivity (Wildman–Crippen MR) is 107 cm³/mol. The van der Waals surface area contributed by atoms with E-state index in [1.165, 1.54) is 11.3 Å². The molecule has 5 nitrogen and oxygen atoms in total. The molecule has 2 aromatic carbocycles. The highest BCUT2D eigenvalue weighted by atomic mass is 32.1. The minimum Gasteiger partial charge on any atom is -0.296 e. The van der Waals surface area contributed by atoms with Crippen molar-refractivity contribution in [1.29, 1.82) is 0 Å². The number of carbonyl (C=O) groups is 2. The van der Waals surface area contributed by atoms with Crippen LogP contribution in [0.25, 0.3) is 10.6 Å². The maximum atomic E-state index is 12.8. The van der Waals surface area contributed by atoms with Gasteiger partial charge in [-0.3, -0.25) is 14.9 Å². The average Bonchev–Trinajstić information content (AvgIpc) is 3.40. The average molecular weight is 391 g/mol. The standard InChI is InChI=1S/C20H13N3O2S2/c24-17(13-6-2-1-3-7-13)15-8-4-5-9-16(15)18(25)21-20-23-22-19(27-20)14-10-11-26-12-14/h1-12H,(H,21,23,25). The van der Waals surface area contributed by atoms with Crippen LogP contribution in [0.2, 0.25) is 0 Å². The number of thiophene rings is 1. The summed E-state index contributed by atoms with van der Waals surface area (Å²) in [4.78, 5) is 25.5. The Labute approximate surface area is 163 Å². The zero-order valence-electron chi connectivity index (χ0n) is 14.0. The van der Waals surface area contributed by atoms with E-state index in [2.05, 4.69) is 15.5 Å². The second kappa shape index (κ2) is 7.61. The third-order valence-electron chi connectivity index (χ3n) is 3.87. The lowest BCUT2D eigenvalue weighted by Crippen LogP contribution is -2.16. The summed E-state index contributed by atoms with van der Waals surface area (Å²) >= 11 is 2.86. The summed E-state index contributed by atoms with van der Waals surface area (Å²) < 4.78 is 0. The van der Waals surface area contributed by atoms with Gasteiger partial charge in [0.15, 0.2) is 5.78 Å². The summed E-state index contributed by atoms with van der Waals surface area (Å²) in [5, 5.41) is 15.9. The maximum absolute atomic E-state index is 12.8. The van der Waals surface area contributed by atoms with Gasteiger partial charge in [-0.25, -0.2) is 0 Å². The van der Waals surface area contributed by atoms with Gasteiger partial charge in [-0.15, -0.1) is 10.2 Å². The summed E-state index contributed by atoms with van der Waals surface area (Å²) in [6.45, 7) is 0. The molecule has 2 heterocycles. The number of aromatic nitrogens is 2. The highest BCUT2D eigenvalue weighted by molar-refractivity contribution is 7.19. The number of hydrogen-bond acceptors (Lipinski definition) is 6. The quantitative estimate of drug-likeness (QED) is 0.498. The van der Waals surface area contributed by atoms with E-state index in [9.17, 15) is 9.59 Å². The molecular formula is C20H13N3O2S2. The van der Waals surface area contributed by atoms with Gasteiger partial charge in [0.2, 0.25) is 5.13 Å². The molecule has 0 saturated carbocycles. The fraction of sp³-hybridized carbons (Fsp3) is 0. The van der Waals surface area contributed by atoms with E-state index in [1.54, 1.807) is 59.9 Å². The maximum Gasteiger partial charge on any atom is 0.258 e. The van der Waals surface area contributed by atoms with Crippen LogP contribution in [0.3, 0.4) is 0 Å². The van der Waals surface area contributed by atoms with Crippen molar-refractivity contribution in [3.63, 3.8) is 0 Å². The number of nitrogens with zero attached hydrogens (tertiary/aromatic N) is 2. The van der Waals surface area contributed by atoms with E-state index in [0.717, 1.165) is 10.6 Å². The lowest BCUT2D eigenvalue weighted by molar-refractivity contribution is 0.0996. The van der Waals surface area contributed by atoms with E-state index in [-0.39, 0.29) is 11.7 Å². The molecule has 132 valence electrons. The van der Waals surface area contributed by atoms with Gasteiger partial charge in [-0.05, 0) is 17.5 Å². The molecule has 0 aliphatic heterocycles. The van der Waals surface area contributed by atoms with Crippen molar-refractivity contribution < 1.29 is 9.59 Å². The zero-order chi connectivity index (χ0) is 18.6. The normalized spacial score (nSPS) is 10.5. The second-order valence-corrected chi connectivity index (χ2v) is 7.38. The summed E-state index contributed by atoms with van der Waals surface area (Å²) in [6, 6.07) is 17.6. The third kappa shape index (κ3) is 3.69. The molecule has 0 aliphatic carbocycles. The van der Waals surface area contributed by atoms with Crippen LogP contribution in [-0.2, 0) is 0 Å². The monoisotopic (exact) mass is 391 g/mol. The molecule has 1 N–H and O–H groups in total. The van der Waals surface area contributed by atoms with Gasteiger partial charge in [-0.1, -0.05) is 59.9 Å². The molecule has 0 fully saturated rings. The van der Waals surface area contributed by atoms with E-state index in [4.69, 9.17) is 0 Å². The SMILES string of the molecule is O=C(Nc1nnc(-c2ccsc2)s1)c1ccccc1C(=O)c1ccccc1. The van der Waals surface area contributed by atoms with E-state index in [1.807, 2.05) is 22.9 Å². The van der Waals surface area contributed by atoms with E-state index in [0.29, 0.717) is 21.8 Å². The Bertz CT molecular complexity index is 1090. The molecule has 0 unspecified atom stereocenters. The summed E-state index contributed by atoms with van der Waals surface area (Å²) in [5.74, 6) is -0.583. The smallest absolute Gasteiger partial charge is 0.258 e. The Hall–Kier alpha value is -3.16. The Morgan fingerprint density at radius 1 is 0.852 bits per heavy atom. The predicted octanol–water partition coefficient (Wildman–Crippen LogP) is 4.75. The van der Waals surface area contributed by atoms with Gasteiger partial charge in [0.1, 0.15) is 5.01 Å². The van der Waals surface area contributed by atoms with Gasteiger partial charge >= 0.3 is 0 Å². The summed E-state index contributed by atoms with van der Waals surface area (Å²) in [6.07, 6.45) is 0.